The summed E-state index contributed by atoms with van der Waals surface area (Å²) in [5.41, 5.74) is 15.2. The number of aliphatic carboxylic acids is 1. The highest BCUT2D eigenvalue weighted by Gasteiger charge is 2.13. The summed E-state index contributed by atoms with van der Waals surface area (Å²) < 4.78 is 5.61. The molecule has 0 atom stereocenters. The van der Waals surface area contributed by atoms with Crippen LogP contribution in [0.15, 0.2) is 71.7 Å². The summed E-state index contributed by atoms with van der Waals surface area (Å²) in [6, 6.07) is 20.1. The van der Waals surface area contributed by atoms with Gasteiger partial charge in [0.2, 0.25) is 0 Å². The zero-order chi connectivity index (χ0) is 23.8. The van der Waals surface area contributed by atoms with Gasteiger partial charge in [0.1, 0.15) is 5.75 Å². The molecular formula is C25H26N4O4. The number of aryl methyl sites for hydroxylation is 1. The Morgan fingerprint density at radius 2 is 1.79 bits per heavy atom. The number of hydrogen-bond acceptors (Lipinski definition) is 4. The summed E-state index contributed by atoms with van der Waals surface area (Å²) in [5.74, 6) is -0.534. The van der Waals surface area contributed by atoms with Gasteiger partial charge in [-0.1, -0.05) is 42.5 Å². The Morgan fingerprint density at radius 3 is 2.52 bits per heavy atom. The van der Waals surface area contributed by atoms with Crippen molar-refractivity contribution in [1.82, 2.24) is 5.32 Å². The number of nitrogens with one attached hydrogen (secondary N) is 1. The lowest BCUT2D eigenvalue weighted by molar-refractivity contribution is -0.136. The zero-order valence-electron chi connectivity index (χ0n) is 18.2. The van der Waals surface area contributed by atoms with Crippen molar-refractivity contribution >= 4 is 23.5 Å². The van der Waals surface area contributed by atoms with E-state index in [4.69, 9.17) is 21.3 Å². The van der Waals surface area contributed by atoms with Gasteiger partial charge in [-0.05, 0) is 47.4 Å². The van der Waals surface area contributed by atoms with Crippen LogP contribution in [-0.2, 0) is 17.8 Å². The normalized spacial score (nSPS) is 10.3. The molecule has 0 aromatic heterocycles. The lowest BCUT2D eigenvalue weighted by Gasteiger charge is -2.14. The third kappa shape index (κ3) is 6.33. The number of rotatable bonds is 9. The van der Waals surface area contributed by atoms with E-state index in [1.165, 1.54) is 0 Å². The molecule has 0 saturated heterocycles. The predicted octanol–water partition coefficient (Wildman–Crippen LogP) is 3.21. The van der Waals surface area contributed by atoms with Crippen molar-refractivity contribution in [1.29, 1.82) is 0 Å². The third-order valence-corrected chi connectivity index (χ3v) is 4.97. The van der Waals surface area contributed by atoms with Crippen molar-refractivity contribution in [2.75, 3.05) is 7.11 Å². The maximum Gasteiger partial charge on any atom is 0.303 e. The first-order valence-corrected chi connectivity index (χ1v) is 10.3. The monoisotopic (exact) mass is 446 g/mol. The molecule has 0 fully saturated rings. The van der Waals surface area contributed by atoms with Gasteiger partial charge >= 0.3 is 5.97 Å². The Balaban J connectivity index is 1.77. The fourth-order valence-corrected chi connectivity index (χ4v) is 3.49. The largest absolute Gasteiger partial charge is 0.496 e. The highest BCUT2D eigenvalue weighted by Crippen LogP contribution is 2.34. The maximum atomic E-state index is 12.6. The van der Waals surface area contributed by atoms with Crippen LogP contribution in [0.25, 0.3) is 11.1 Å². The van der Waals surface area contributed by atoms with E-state index in [0.29, 0.717) is 30.0 Å². The molecule has 0 spiro atoms. The molecule has 1 amide bonds. The van der Waals surface area contributed by atoms with Gasteiger partial charge in [0.15, 0.2) is 5.96 Å². The Kier molecular flexibility index (Phi) is 7.64. The molecule has 0 aliphatic heterocycles. The van der Waals surface area contributed by atoms with Gasteiger partial charge in [-0.3, -0.25) is 9.59 Å². The number of carbonyl (C=O) groups excluding carboxylic acids is 1. The van der Waals surface area contributed by atoms with Crippen molar-refractivity contribution in [3.8, 4) is 16.9 Å². The van der Waals surface area contributed by atoms with Gasteiger partial charge < -0.3 is 26.6 Å². The van der Waals surface area contributed by atoms with Gasteiger partial charge in [-0.2, -0.15) is 0 Å². The smallest absolute Gasteiger partial charge is 0.303 e. The number of para-hydroxylation sites is 1. The molecule has 0 unspecified atom stereocenters. The highest BCUT2D eigenvalue weighted by molar-refractivity contribution is 5.95. The van der Waals surface area contributed by atoms with Crippen LogP contribution < -0.4 is 21.5 Å². The van der Waals surface area contributed by atoms with E-state index >= 15 is 0 Å². The summed E-state index contributed by atoms with van der Waals surface area (Å²) in [5, 5.41) is 11.9. The number of aliphatic imine (C=N–C) groups is 1. The number of ether oxygens (including phenoxy) is 1. The zero-order valence-corrected chi connectivity index (χ0v) is 18.2. The van der Waals surface area contributed by atoms with E-state index in [1.807, 2.05) is 42.5 Å². The van der Waals surface area contributed by atoms with Crippen molar-refractivity contribution in [3.05, 3.63) is 83.4 Å². The minimum atomic E-state index is -0.857. The number of benzene rings is 3. The van der Waals surface area contributed by atoms with Gasteiger partial charge in [0.05, 0.1) is 12.8 Å². The standard InChI is InChI=1S/C25H26N4O4/c1-33-23-17(11-12-22(30)31)6-4-10-21(23)18-7-2-5-16(13-18)15-28-24(32)19-8-3-9-20(14-19)29-25(26)27/h2-10,13-14H,11-12,15H2,1H3,(H,28,32)(H,30,31)(H4,26,27,29). The summed E-state index contributed by atoms with van der Waals surface area (Å²) >= 11 is 0. The van der Waals surface area contributed by atoms with E-state index in [-0.39, 0.29) is 18.3 Å². The van der Waals surface area contributed by atoms with E-state index < -0.39 is 5.97 Å². The number of methoxy groups -OCH3 is 1. The quantitative estimate of drug-likeness (QED) is 0.294. The van der Waals surface area contributed by atoms with E-state index in [0.717, 1.165) is 22.3 Å². The summed E-state index contributed by atoms with van der Waals surface area (Å²) in [7, 11) is 1.57. The molecule has 0 radical (unpaired) electrons. The van der Waals surface area contributed by atoms with E-state index in [2.05, 4.69) is 10.3 Å². The minimum Gasteiger partial charge on any atom is -0.496 e. The first kappa shape index (κ1) is 23.3. The molecular weight excluding hydrogens is 420 g/mol. The number of hydrogen-bond donors (Lipinski definition) is 4. The SMILES string of the molecule is COc1c(CCC(=O)O)cccc1-c1cccc(CNC(=O)c2cccc(N=C(N)N)c2)c1. The lowest BCUT2D eigenvalue weighted by atomic mass is 9.97. The first-order valence-electron chi connectivity index (χ1n) is 10.3. The number of guanidine groups is 1. The van der Waals surface area contributed by atoms with Crippen molar-refractivity contribution in [2.24, 2.45) is 16.5 Å². The summed E-state index contributed by atoms with van der Waals surface area (Å²) in [6.45, 7) is 0.320. The Bertz CT molecular complexity index is 1190. The number of carboxylic acid groups (broad SMARTS) is 1. The topological polar surface area (TPSA) is 140 Å². The molecule has 0 heterocycles. The van der Waals surface area contributed by atoms with Gasteiger partial charge in [-0.15, -0.1) is 0 Å². The molecule has 0 bridgehead atoms. The van der Waals surface area contributed by atoms with E-state index in [9.17, 15) is 9.59 Å². The Labute approximate surface area is 191 Å². The second kappa shape index (κ2) is 10.8. The molecule has 8 nitrogen and oxygen atoms in total. The van der Waals surface area contributed by atoms with Crippen LogP contribution in [0.2, 0.25) is 0 Å². The van der Waals surface area contributed by atoms with Crippen molar-refractivity contribution in [3.63, 3.8) is 0 Å². The van der Waals surface area contributed by atoms with Gasteiger partial charge in [0.25, 0.3) is 5.91 Å². The van der Waals surface area contributed by atoms with Crippen LogP contribution in [0.5, 0.6) is 5.75 Å². The number of nitrogens with two attached hydrogens (primary N) is 2. The third-order valence-electron chi connectivity index (χ3n) is 4.97. The first-order chi connectivity index (χ1) is 15.9. The second-order valence-corrected chi connectivity index (χ2v) is 7.36. The molecule has 3 aromatic rings. The molecule has 3 rings (SSSR count). The number of nitrogens with zero attached hydrogens (tertiary/aromatic N) is 1. The maximum absolute atomic E-state index is 12.6. The summed E-state index contributed by atoms with van der Waals surface area (Å²) in [6.07, 6.45) is 0.400. The molecule has 0 saturated carbocycles. The Hall–Kier alpha value is -4.33. The van der Waals surface area contributed by atoms with Crippen LogP contribution in [0, 0.1) is 0 Å². The van der Waals surface area contributed by atoms with Crippen molar-refractivity contribution < 1.29 is 19.4 Å². The second-order valence-electron chi connectivity index (χ2n) is 7.36. The molecule has 0 aliphatic rings. The number of carbonyl (C=O) groups is 2. The van der Waals surface area contributed by atoms with Crippen molar-refractivity contribution in [2.45, 2.75) is 19.4 Å². The fraction of sp³-hybridized carbons (Fsp3) is 0.160. The predicted molar refractivity (Wildman–Crippen MR) is 127 cm³/mol. The van der Waals surface area contributed by atoms with Crippen LogP contribution in [0.4, 0.5) is 5.69 Å². The average molecular weight is 447 g/mol. The summed E-state index contributed by atoms with van der Waals surface area (Å²) in [4.78, 5) is 27.5. The fourth-order valence-electron chi connectivity index (χ4n) is 3.49. The number of carboxylic acids is 1. The molecule has 3 aromatic carbocycles. The molecule has 6 N–H and O–H groups in total. The molecule has 8 heteroatoms. The number of amides is 1. The van der Waals surface area contributed by atoms with Crippen LogP contribution in [-0.4, -0.2) is 30.1 Å². The molecule has 0 aliphatic carbocycles. The average Bonchev–Trinajstić information content (AvgIpc) is 2.80. The van der Waals surface area contributed by atoms with Gasteiger partial charge in [0, 0.05) is 24.1 Å². The van der Waals surface area contributed by atoms with Gasteiger partial charge in [-0.25, -0.2) is 4.99 Å². The van der Waals surface area contributed by atoms with Crippen LogP contribution in [0.1, 0.15) is 27.9 Å². The highest BCUT2D eigenvalue weighted by atomic mass is 16.5. The Morgan fingerprint density at radius 1 is 1.03 bits per heavy atom. The van der Waals surface area contributed by atoms with E-state index in [1.54, 1.807) is 31.4 Å². The minimum absolute atomic E-state index is 0.0241. The lowest BCUT2D eigenvalue weighted by Crippen LogP contribution is -2.23. The molecule has 33 heavy (non-hydrogen) atoms. The van der Waals surface area contributed by atoms with Crippen LogP contribution >= 0.6 is 0 Å². The molecule has 170 valence electrons. The van der Waals surface area contributed by atoms with Crippen LogP contribution in [0.3, 0.4) is 0 Å².